The molecule has 5 aromatic carbocycles. The molecule has 0 spiro atoms. The molecule has 0 fully saturated rings. The maximum Gasteiger partial charge on any atom is 0.0795 e. The van der Waals surface area contributed by atoms with Crippen molar-refractivity contribution < 1.29 is 27.0 Å². The van der Waals surface area contributed by atoms with Crippen LogP contribution < -0.4 is 5.19 Å². The molecule has 0 aliphatic heterocycles. The fourth-order valence-corrected chi connectivity index (χ4v) is 7.94. The summed E-state index contributed by atoms with van der Waals surface area (Å²) in [5.41, 5.74) is 7.20. The molecule has 0 saturated carbocycles. The molecule has 0 bridgehead atoms. The van der Waals surface area contributed by atoms with E-state index in [1.807, 2.05) is 60.8 Å². The molecule has 0 aliphatic carbocycles. The molecule has 1 radical (unpaired) electrons. The Balaban J connectivity index is 0.000000211. The van der Waals surface area contributed by atoms with E-state index in [9.17, 15) is 0 Å². The normalized spacial score (nSPS) is 13.1. The fourth-order valence-electron chi connectivity index (χ4n) is 5.66. The molecule has 50 heavy (non-hydrogen) atoms. The summed E-state index contributed by atoms with van der Waals surface area (Å²) < 4.78 is 41.9. The summed E-state index contributed by atoms with van der Waals surface area (Å²) in [5, 5.41) is 3.69. The van der Waals surface area contributed by atoms with Gasteiger partial charge in [0.05, 0.1) is 8.07 Å². The monoisotopic (exact) mass is 864 g/mol. The molecule has 0 aliphatic rings. The number of pyridine rings is 2. The summed E-state index contributed by atoms with van der Waals surface area (Å²) in [5.74, 6) is 0. The van der Waals surface area contributed by atoms with Crippen molar-refractivity contribution in [2.75, 3.05) is 0 Å². The molecule has 249 valence electrons. The average molecular weight is 864 g/mol. The van der Waals surface area contributed by atoms with Crippen molar-refractivity contribution in [1.29, 1.82) is 0 Å². The van der Waals surface area contributed by atoms with Gasteiger partial charge in [0.1, 0.15) is 0 Å². The number of rotatable bonds is 6. The number of thiophene rings is 1. The first-order chi connectivity index (χ1) is 25.8. The first kappa shape index (κ1) is 29.2. The second-order valence-electron chi connectivity index (χ2n) is 12.9. The van der Waals surface area contributed by atoms with Crippen molar-refractivity contribution in [3.05, 3.63) is 175 Å². The first-order valence-electron chi connectivity index (χ1n) is 18.7. The van der Waals surface area contributed by atoms with Gasteiger partial charge in [-0.1, -0.05) is 123 Å². The van der Waals surface area contributed by atoms with E-state index in [1.165, 1.54) is 37.9 Å². The van der Waals surface area contributed by atoms with Crippen LogP contribution in [0.2, 0.25) is 19.6 Å². The third-order valence-corrected chi connectivity index (χ3v) is 11.6. The molecule has 0 N–H and O–H groups in total. The molecule has 2 nitrogen and oxygen atoms in total. The summed E-state index contributed by atoms with van der Waals surface area (Å²) in [7, 11) is -1.34. The van der Waals surface area contributed by atoms with Gasteiger partial charge < -0.3 is 9.97 Å². The van der Waals surface area contributed by atoms with Crippen LogP contribution in [0.25, 0.3) is 53.8 Å². The largest absolute Gasteiger partial charge is 0.305 e. The first-order valence-corrected chi connectivity index (χ1v) is 20.5. The van der Waals surface area contributed by atoms with E-state index in [0.717, 1.165) is 27.2 Å². The van der Waals surface area contributed by atoms with E-state index in [2.05, 4.69) is 96.3 Å². The van der Waals surface area contributed by atoms with Crippen molar-refractivity contribution in [2.45, 2.75) is 32.9 Å². The van der Waals surface area contributed by atoms with Crippen LogP contribution in [0.4, 0.5) is 0 Å². The average Bonchev–Trinajstić information content (AvgIpc) is 3.57. The Labute approximate surface area is 321 Å². The van der Waals surface area contributed by atoms with Crippen molar-refractivity contribution in [3.8, 4) is 33.6 Å². The Morgan fingerprint density at radius 1 is 0.720 bits per heavy atom. The minimum absolute atomic E-state index is 0. The molecule has 3 aromatic heterocycles. The number of hydrogen-bond donors (Lipinski definition) is 0. The number of fused-ring (bicyclic) bond motifs is 3. The molecule has 5 heteroatoms. The van der Waals surface area contributed by atoms with Crippen LogP contribution >= 0.6 is 11.3 Å². The van der Waals surface area contributed by atoms with E-state index >= 15 is 0 Å². The Bertz CT molecular complexity index is 2480. The maximum atomic E-state index is 8.75. The summed E-state index contributed by atoms with van der Waals surface area (Å²) in [6, 6.07) is 49.3. The van der Waals surface area contributed by atoms with E-state index in [-0.39, 0.29) is 20.1 Å². The van der Waals surface area contributed by atoms with Gasteiger partial charge >= 0.3 is 0 Å². The third kappa shape index (κ3) is 8.09. The van der Waals surface area contributed by atoms with Gasteiger partial charge in [-0.05, 0) is 67.4 Å². The van der Waals surface area contributed by atoms with Gasteiger partial charge in [-0.2, -0.15) is 11.3 Å². The van der Waals surface area contributed by atoms with E-state index in [4.69, 9.17) is 6.85 Å². The number of nitrogens with zero attached hydrogens (tertiary/aromatic N) is 2. The Kier molecular flexibility index (Phi) is 9.11. The number of hydrogen-bond acceptors (Lipinski definition) is 3. The Hall–Kier alpha value is -4.51. The van der Waals surface area contributed by atoms with Gasteiger partial charge in [-0.3, -0.25) is 0 Å². The molecule has 0 unspecified atom stereocenters. The van der Waals surface area contributed by atoms with Crippen LogP contribution in [-0.2, 0) is 26.5 Å². The molecule has 8 rings (SSSR count). The van der Waals surface area contributed by atoms with Gasteiger partial charge in [-0.25, -0.2) is 0 Å². The van der Waals surface area contributed by atoms with Gasteiger partial charge in [0.25, 0.3) is 0 Å². The predicted octanol–water partition coefficient (Wildman–Crippen LogP) is 11.6. The van der Waals surface area contributed by atoms with E-state index < -0.39 is 21.3 Å². The van der Waals surface area contributed by atoms with E-state index in [1.54, 1.807) is 35.7 Å². The van der Waals surface area contributed by atoms with Crippen LogP contribution in [0.3, 0.4) is 0 Å². The molecular weight excluding hydrogens is 821 g/mol. The molecule has 3 heterocycles. The molecule has 8 aromatic rings. The SMILES string of the molecule is [2H]C([2H])([2H])c1c[c-]c(-c2ccc([Si](C)(C)C)cn2)cc1.[2H]C([2H])(c1ccccc1)c1ccnc(-c2[c-]ccc3c2sc2cc(-c4ccccc4)ccc23)c1.[Ir]. The molecule has 0 atom stereocenters. The maximum absolute atomic E-state index is 8.75. The minimum atomic E-state index is -2.08. The molecule has 0 amide bonds. The van der Waals surface area contributed by atoms with Gasteiger partial charge in [-0.15, -0.1) is 59.2 Å². The van der Waals surface area contributed by atoms with Gasteiger partial charge in [0.2, 0.25) is 0 Å². The van der Waals surface area contributed by atoms with Gasteiger partial charge in [0, 0.05) is 44.1 Å². The number of benzene rings is 5. The molecular formula is C45H38IrN2SSi-2. The number of aromatic nitrogens is 2. The number of aryl methyl sites for hydroxylation is 1. The molecule has 0 saturated heterocycles. The second kappa shape index (κ2) is 15.6. The smallest absolute Gasteiger partial charge is 0.0795 e. The standard InChI is InChI=1S/C30H20NS.C15H18NSi.Ir/c1-3-8-21(9-4-1)18-22-16-17-31-28(19-22)27-13-7-12-26-25-15-14-24(20-29(25)32-30(26)27)23-10-5-2-6-11-23;1-12-5-7-13(8-6-12)15-10-9-14(11-16-15)17(2,3)4;/h1-12,14-17,19-20H,18H2;5-7,9-11H,1-4H3;/q2*-1;/i18D2;1D3;. The van der Waals surface area contributed by atoms with Crippen LogP contribution in [0, 0.1) is 19.0 Å². The predicted molar refractivity (Wildman–Crippen MR) is 212 cm³/mol. The van der Waals surface area contributed by atoms with Crippen LogP contribution in [0.15, 0.2) is 146 Å². The zero-order chi connectivity index (χ0) is 38.1. The topological polar surface area (TPSA) is 25.8 Å². The summed E-state index contributed by atoms with van der Waals surface area (Å²) in [6.07, 6.45) is 2.00. The minimum Gasteiger partial charge on any atom is -0.305 e. The summed E-state index contributed by atoms with van der Waals surface area (Å²) >= 11 is 1.74. The zero-order valence-electron chi connectivity index (χ0n) is 33.0. The van der Waals surface area contributed by atoms with Crippen molar-refractivity contribution in [3.63, 3.8) is 0 Å². The van der Waals surface area contributed by atoms with Crippen LogP contribution in [0.5, 0.6) is 0 Å². The fraction of sp³-hybridized carbons (Fsp3) is 0.111. The quantitative estimate of drug-likeness (QED) is 0.123. The second-order valence-corrected chi connectivity index (χ2v) is 19.0. The van der Waals surface area contributed by atoms with Gasteiger partial charge in [0.15, 0.2) is 0 Å². The van der Waals surface area contributed by atoms with Crippen LogP contribution in [0.1, 0.15) is 23.5 Å². The summed E-state index contributed by atoms with van der Waals surface area (Å²) in [4.78, 5) is 9.08. The van der Waals surface area contributed by atoms with E-state index in [0.29, 0.717) is 16.7 Å². The third-order valence-electron chi connectivity index (χ3n) is 8.34. The van der Waals surface area contributed by atoms with Crippen LogP contribution in [-0.4, -0.2) is 18.0 Å². The summed E-state index contributed by atoms with van der Waals surface area (Å²) in [6.45, 7) is 4.76. The van der Waals surface area contributed by atoms with Crippen molar-refractivity contribution in [2.24, 2.45) is 0 Å². The Morgan fingerprint density at radius 2 is 1.52 bits per heavy atom. The zero-order valence-corrected chi connectivity index (χ0v) is 32.2. The van der Waals surface area contributed by atoms with Crippen molar-refractivity contribution >= 4 is 44.8 Å². The van der Waals surface area contributed by atoms with Crippen molar-refractivity contribution in [1.82, 2.24) is 9.97 Å². The Morgan fingerprint density at radius 3 is 2.22 bits per heavy atom.